The van der Waals surface area contributed by atoms with Crippen molar-refractivity contribution in [1.29, 1.82) is 0 Å². The number of hydrogen-bond acceptors (Lipinski definition) is 27. The van der Waals surface area contributed by atoms with Crippen LogP contribution in [0.5, 0.6) is 23.0 Å². The Morgan fingerprint density at radius 1 is 0.299 bits per heavy atom. The number of anilines is 2. The summed E-state index contributed by atoms with van der Waals surface area (Å²) < 4.78 is 22.7. The molecule has 0 bridgehead atoms. The van der Waals surface area contributed by atoms with E-state index in [1.165, 1.54) is 34.1 Å². The van der Waals surface area contributed by atoms with Crippen molar-refractivity contribution < 1.29 is 120 Å². The number of imide groups is 9. The quantitative estimate of drug-likeness (QED) is 0.0550. The van der Waals surface area contributed by atoms with E-state index in [-0.39, 0.29) is 162 Å². The van der Waals surface area contributed by atoms with E-state index in [9.17, 15) is 101 Å². The van der Waals surface area contributed by atoms with Crippen molar-refractivity contribution in [3.63, 3.8) is 0 Å². The minimum absolute atomic E-state index is 0.0568. The number of carbonyl (C=O) groups is 21. The van der Waals surface area contributed by atoms with E-state index >= 15 is 0 Å². The van der Waals surface area contributed by atoms with Gasteiger partial charge in [-0.15, -0.1) is 0 Å². The first-order chi connectivity index (χ1) is 64.4. The van der Waals surface area contributed by atoms with Crippen LogP contribution in [0, 0.1) is 0 Å². The summed E-state index contributed by atoms with van der Waals surface area (Å²) >= 11 is 0. The Hall–Kier alpha value is -15.2. The minimum Gasteiger partial charge on any atom is -0.491 e. The second kappa shape index (κ2) is 39.8. The van der Waals surface area contributed by atoms with Crippen molar-refractivity contribution >= 4 is 135 Å². The highest BCUT2D eigenvalue weighted by Gasteiger charge is 2.50. The molecule has 12 aliphatic rings. The van der Waals surface area contributed by atoms with Crippen molar-refractivity contribution in [3.8, 4) is 23.0 Å². The van der Waals surface area contributed by atoms with Gasteiger partial charge in [-0.25, -0.2) is 0 Å². The van der Waals surface area contributed by atoms with E-state index in [1.54, 1.807) is 65.6 Å². The molecule has 0 radical (unpaired) electrons. The normalized spacial score (nSPS) is 21.1. The van der Waals surface area contributed by atoms with E-state index in [0.717, 1.165) is 42.8 Å². The molecular weight excluding hydrogens is 1770 g/mol. The average Bonchev–Trinajstić information content (AvgIpc) is 1.61. The minimum atomic E-state index is -0.956. The van der Waals surface area contributed by atoms with Crippen LogP contribution in [0.4, 0.5) is 11.4 Å². The van der Waals surface area contributed by atoms with Gasteiger partial charge in [-0.1, -0.05) is 0 Å². The first-order valence-corrected chi connectivity index (χ1v) is 45.0. The van der Waals surface area contributed by atoms with Gasteiger partial charge in [-0.3, -0.25) is 147 Å². The van der Waals surface area contributed by atoms with Crippen molar-refractivity contribution in [2.45, 2.75) is 252 Å². The van der Waals surface area contributed by atoms with Crippen LogP contribution in [0.15, 0.2) is 109 Å². The molecule has 21 amide bonds. The molecular formula is C98H108N14O25. The second-order valence-electron chi connectivity index (χ2n) is 38.2. The smallest absolute Gasteiger partial charge is 0.262 e. The van der Waals surface area contributed by atoms with Crippen LogP contribution in [-0.4, -0.2) is 233 Å². The van der Waals surface area contributed by atoms with Crippen LogP contribution in [0.1, 0.15) is 277 Å². The van der Waals surface area contributed by atoms with Crippen LogP contribution < -0.4 is 61.1 Å². The Bertz CT molecular complexity index is 5980. The summed E-state index contributed by atoms with van der Waals surface area (Å²) in [5.41, 5.74) is 6.74. The molecule has 137 heavy (non-hydrogen) atoms. The number of carbonyl (C=O) groups excluding carboxylic acids is 21. The van der Waals surface area contributed by atoms with Crippen LogP contribution in [0.2, 0.25) is 0 Å². The second-order valence-corrected chi connectivity index (χ2v) is 38.2. The first-order valence-electron chi connectivity index (χ1n) is 45.0. The van der Waals surface area contributed by atoms with Crippen LogP contribution >= 0.6 is 0 Å². The van der Waals surface area contributed by atoms with Gasteiger partial charge in [0.05, 0.1) is 45.6 Å². The van der Waals surface area contributed by atoms with Crippen LogP contribution in [0.25, 0.3) is 0 Å². The number of hydrogen-bond donors (Lipinski definition) is 7. The maximum atomic E-state index is 12.7. The number of fused-ring (bicyclic) bond motifs is 6. The van der Waals surface area contributed by atoms with Crippen LogP contribution in [-0.2, 0) is 77.2 Å². The van der Waals surface area contributed by atoms with E-state index in [1.807, 2.05) is 133 Å². The molecule has 12 heterocycles. The predicted molar refractivity (Wildman–Crippen MR) is 487 cm³/mol. The van der Waals surface area contributed by atoms with Crippen molar-refractivity contribution in [1.82, 2.24) is 61.3 Å². The molecule has 6 atom stereocenters. The number of piperidine rings is 6. The number of benzene rings is 6. The molecule has 6 aromatic rings. The lowest BCUT2D eigenvalue weighted by atomic mass is 10.0. The largest absolute Gasteiger partial charge is 0.491 e. The van der Waals surface area contributed by atoms with Gasteiger partial charge in [0.1, 0.15) is 70.5 Å². The lowest BCUT2D eigenvalue weighted by Gasteiger charge is -2.29. The molecule has 12 aliphatic heterocycles. The molecule has 0 aromatic heterocycles. The maximum Gasteiger partial charge on any atom is 0.262 e. The number of amides is 21. The number of ether oxygens (including phenoxy) is 4. The van der Waals surface area contributed by atoms with E-state index in [4.69, 9.17) is 18.9 Å². The summed E-state index contributed by atoms with van der Waals surface area (Å²) in [5, 5.41) is 16.7. The zero-order valence-corrected chi connectivity index (χ0v) is 78.5. The molecule has 720 valence electrons. The summed E-state index contributed by atoms with van der Waals surface area (Å²) in [4.78, 5) is 262. The summed E-state index contributed by atoms with van der Waals surface area (Å²) in [6.07, 6.45) is 2.69. The molecule has 6 fully saturated rings. The molecule has 7 N–H and O–H groups in total. The van der Waals surface area contributed by atoms with Gasteiger partial charge in [0, 0.05) is 106 Å². The van der Waals surface area contributed by atoms with Gasteiger partial charge in [0.25, 0.3) is 53.2 Å². The fraction of sp³-hybridized carbons (Fsp3) is 0.418. The number of nitrogens with zero attached hydrogens (tertiary/aromatic N) is 7. The SMILES string of the molecule is CC(C)(C)Nc1ccc2c(c1)C(=O)N(C1CCC(=O)NC1=O)C2=O.CC(C)(C)Oc1ccc2c(c1)C(=O)N(C1CCC(=O)NC1=O)C2=O.CC(C)(C)Oc1ccc2c(c1)CN(C1CCC(=O)NC1=O)C2=O.CC(C)Oc1ccc2c(c1)C(=O)N(C1CCC(=O)NC1=O)C2=O.CC(C)Oc1ccc2c(c1)CN(C1CCC(=O)NC1=O)C2=O.CN(C)c1ccc2c(c1)CN(C1CCC(=O)NC1=O)C2=O. The predicted octanol–water partition coefficient (Wildman–Crippen LogP) is 6.81. The van der Waals surface area contributed by atoms with Gasteiger partial charge < -0.3 is 43.9 Å². The lowest BCUT2D eigenvalue weighted by Crippen LogP contribution is -2.54. The van der Waals surface area contributed by atoms with Gasteiger partial charge >= 0.3 is 0 Å². The Morgan fingerprint density at radius 3 is 0.861 bits per heavy atom. The number of nitrogens with one attached hydrogen (secondary N) is 7. The molecule has 6 unspecified atom stereocenters. The highest BCUT2D eigenvalue weighted by Crippen LogP contribution is 2.39. The molecule has 0 aliphatic carbocycles. The fourth-order valence-corrected chi connectivity index (χ4v) is 17.3. The van der Waals surface area contributed by atoms with Gasteiger partial charge in [0.15, 0.2) is 0 Å². The maximum absolute atomic E-state index is 12.7. The third-order valence-electron chi connectivity index (χ3n) is 23.4. The Morgan fingerprint density at radius 2 is 0.555 bits per heavy atom. The van der Waals surface area contributed by atoms with E-state index in [0.29, 0.717) is 78.6 Å². The zero-order valence-electron chi connectivity index (χ0n) is 78.5. The van der Waals surface area contributed by atoms with Crippen molar-refractivity contribution in [2.24, 2.45) is 0 Å². The Labute approximate surface area is 787 Å². The molecule has 0 saturated carbocycles. The van der Waals surface area contributed by atoms with Gasteiger partial charge in [0.2, 0.25) is 70.9 Å². The van der Waals surface area contributed by atoms with Gasteiger partial charge in [-0.2, -0.15) is 0 Å². The van der Waals surface area contributed by atoms with Crippen LogP contribution in [0.3, 0.4) is 0 Å². The topological polar surface area (TPSA) is 502 Å². The van der Waals surface area contributed by atoms with E-state index in [2.05, 4.69) is 37.2 Å². The Kier molecular flexibility index (Phi) is 28.8. The third kappa shape index (κ3) is 22.4. The highest BCUT2D eigenvalue weighted by atomic mass is 16.5. The molecule has 6 aromatic carbocycles. The standard InChI is InChI=1S/C17H19N3O4.C17H18N2O5.C17H20N2O4.C16H16N2O5.C16H18N2O4.C15H17N3O3/c1-17(2,3)19-9-4-5-10-11(8-9)16(24)20(15(10)23)12-6-7-13(21)18-14(12)22;1-17(2,3)24-9-4-5-10-11(8-9)16(23)19(15(10)22)12-6-7-13(20)18-14(12)21;1-17(2,3)23-11-4-5-12-10(8-11)9-19(16(12)22)13-6-7-14(20)18-15(13)21;1-8(2)23-9-3-4-10-11(7-9)16(22)18(15(10)21)12-5-6-13(19)17-14(12)20;1-9(2)22-11-3-4-12-10(7-11)8-18(16(12)21)13-5-6-14(19)17-15(13)20;1-17(2)10-3-4-11-9(7-10)8-18(15(11)21)12-5-6-13(19)16-14(12)20/h4-5,8,12,19H,6-7H2,1-3H3,(H,18,21,22);4-5,8,12H,6-7H2,1-3H3,(H,18,20,21);4-5,8,13H,6-7,9H2,1-3H3,(H,18,20,21);3-4,7-8,12H,5-6H2,1-2H3,(H,17,19,20);3-4,7,9,13H,5-6,8H2,1-2H3,(H,17,19,20);3-4,7,12H,5-6,8H2,1-2H3,(H,16,19,20). The van der Waals surface area contributed by atoms with Crippen molar-refractivity contribution in [2.75, 3.05) is 24.3 Å². The van der Waals surface area contributed by atoms with Crippen molar-refractivity contribution in [3.05, 3.63) is 176 Å². The zero-order chi connectivity index (χ0) is 99.8. The molecule has 0 spiro atoms. The monoisotopic (exact) mass is 1880 g/mol. The van der Waals surface area contributed by atoms with E-state index < -0.39 is 119 Å². The summed E-state index contributed by atoms with van der Waals surface area (Å²) in [5.74, 6) is -6.19. The van der Waals surface area contributed by atoms with Gasteiger partial charge in [-0.05, 0) is 254 Å². The highest BCUT2D eigenvalue weighted by molar-refractivity contribution is 6.26. The molecule has 39 nitrogen and oxygen atoms in total. The molecule has 18 rings (SSSR count). The first kappa shape index (κ1) is 99.3. The summed E-state index contributed by atoms with van der Waals surface area (Å²) in [6.45, 7) is 26.2. The third-order valence-corrected chi connectivity index (χ3v) is 23.4. The fourth-order valence-electron chi connectivity index (χ4n) is 17.3. The lowest BCUT2D eigenvalue weighted by molar-refractivity contribution is -0.138. The number of rotatable bonds is 14. The molecule has 39 heteroatoms. The summed E-state index contributed by atoms with van der Waals surface area (Å²) in [7, 11) is 3.88. The summed E-state index contributed by atoms with van der Waals surface area (Å²) in [6, 6.07) is 26.1. The average molecular weight is 1880 g/mol. The molecule has 6 saturated heterocycles. The Balaban J connectivity index is 0.000000139.